The number of ketones is 1. The van der Waals surface area contributed by atoms with Gasteiger partial charge in [-0.15, -0.1) is 0 Å². The molecule has 3 aliphatic rings. The molecule has 1 aliphatic carbocycles. The van der Waals surface area contributed by atoms with E-state index in [4.69, 9.17) is 28.1 Å². The molecular weight excluding hydrogens is 390 g/mol. The van der Waals surface area contributed by atoms with Crippen LogP contribution in [-0.2, 0) is 11.2 Å². The van der Waals surface area contributed by atoms with Gasteiger partial charge in [0.05, 0.1) is 19.8 Å². The van der Waals surface area contributed by atoms with Crippen LogP contribution in [0.2, 0.25) is 0 Å². The summed E-state index contributed by atoms with van der Waals surface area (Å²) in [5.74, 6) is 1.94. The van der Waals surface area contributed by atoms with Crippen molar-refractivity contribution in [1.82, 2.24) is 0 Å². The number of allylic oxidation sites excluding steroid dienone is 2. The fraction of sp³-hybridized carbons (Fsp3) is 0.474. The molecule has 0 saturated carbocycles. The van der Waals surface area contributed by atoms with E-state index in [0.717, 1.165) is 62.1 Å². The van der Waals surface area contributed by atoms with Crippen LogP contribution in [0.25, 0.3) is 0 Å². The van der Waals surface area contributed by atoms with Gasteiger partial charge in [0.2, 0.25) is 0 Å². The molecule has 2 aliphatic heterocycles. The Labute approximate surface area is 165 Å². The van der Waals surface area contributed by atoms with Gasteiger partial charge in [0, 0.05) is 31.2 Å². The molecule has 0 saturated heterocycles. The summed E-state index contributed by atoms with van der Waals surface area (Å²) in [6.07, 6.45) is 5.54. The molecule has 1 aromatic carbocycles. The van der Waals surface area contributed by atoms with Crippen LogP contribution < -0.4 is 14.1 Å². The summed E-state index contributed by atoms with van der Waals surface area (Å²) < 4.78 is 43.5. The molecule has 0 unspecified atom stereocenters. The van der Waals surface area contributed by atoms with Crippen molar-refractivity contribution in [2.45, 2.75) is 38.5 Å². The zero-order chi connectivity index (χ0) is 20.5. The van der Waals surface area contributed by atoms with Gasteiger partial charge in [-0.1, -0.05) is 0 Å². The number of benzene rings is 1. The molecule has 0 bridgehead atoms. The summed E-state index contributed by atoms with van der Waals surface area (Å²) >= 11 is 0. The number of rotatable bonds is 2. The van der Waals surface area contributed by atoms with E-state index in [9.17, 15) is 4.79 Å². The first-order valence-corrected chi connectivity index (χ1v) is 10.3. The molecule has 0 atom stereocenters. The second-order valence-electron chi connectivity index (χ2n) is 6.85. The summed E-state index contributed by atoms with van der Waals surface area (Å²) in [4.78, 5) is 12.2. The van der Waals surface area contributed by atoms with Crippen LogP contribution >= 0.6 is 0 Å². The van der Waals surface area contributed by atoms with Gasteiger partial charge in [-0.05, 0) is 30.5 Å². The zero-order valence-electron chi connectivity index (χ0n) is 15.9. The predicted molar refractivity (Wildman–Crippen MR) is 94.3 cm³/mol. The van der Waals surface area contributed by atoms with E-state index < -0.39 is 10.2 Å². The third kappa shape index (κ3) is 4.37. The van der Waals surface area contributed by atoms with E-state index in [1.165, 1.54) is 22.5 Å². The molecule has 0 fully saturated rings. The van der Waals surface area contributed by atoms with Crippen molar-refractivity contribution in [3.63, 3.8) is 0 Å². The zero-order valence-corrected chi connectivity index (χ0v) is 16.7. The van der Waals surface area contributed by atoms with Crippen molar-refractivity contribution in [2.75, 3.05) is 20.8 Å². The summed E-state index contributed by atoms with van der Waals surface area (Å²) in [7, 11) is -0.839. The molecule has 154 valence electrons. The van der Waals surface area contributed by atoms with E-state index >= 15 is 0 Å². The summed E-state index contributed by atoms with van der Waals surface area (Å²) in [6.45, 7) is 0.962. The molecule has 8 nitrogen and oxygen atoms in total. The average molecular weight is 415 g/mol. The molecule has 2 heterocycles. The molecule has 0 radical (unpaired) electrons. The Morgan fingerprint density at radius 2 is 1.64 bits per heavy atom. The monoisotopic (exact) mass is 414 g/mol. The molecule has 1 aromatic rings. The molecule has 0 spiro atoms. The molecule has 4 rings (SSSR count). The number of carbonyl (C=O) groups excluding carboxylic acids is 1. The number of methoxy groups -OCH3 is 2. The topological polar surface area (TPSA) is 122 Å². The van der Waals surface area contributed by atoms with Crippen LogP contribution in [0.15, 0.2) is 23.4 Å². The Morgan fingerprint density at radius 1 is 1.00 bits per heavy atom. The first-order valence-electron chi connectivity index (χ1n) is 9.03. The van der Waals surface area contributed by atoms with E-state index in [1.54, 1.807) is 14.2 Å². The third-order valence-corrected chi connectivity index (χ3v) is 5.29. The van der Waals surface area contributed by atoms with Crippen LogP contribution in [0.3, 0.4) is 0 Å². The number of Topliss-reactive ketones (excluding diaryl/α,β-unsaturated/α-hetero) is 1. The number of carbonyl (C=O) groups is 1. The maximum absolute atomic E-state index is 12.2. The van der Waals surface area contributed by atoms with Crippen molar-refractivity contribution < 1.29 is 47.7 Å². The number of halogens is 1. The second kappa shape index (κ2) is 8.18. The Morgan fingerprint density at radius 3 is 2.29 bits per heavy atom. The first-order chi connectivity index (χ1) is 13.2. The van der Waals surface area contributed by atoms with Crippen molar-refractivity contribution in [3.05, 3.63) is 34.5 Å². The second-order valence-corrected chi connectivity index (χ2v) is 7.72. The molecule has 9 heteroatoms. The van der Waals surface area contributed by atoms with Crippen molar-refractivity contribution in [1.29, 1.82) is 0 Å². The fourth-order valence-electron chi connectivity index (χ4n) is 4.18. The number of ether oxygens (including phenoxy) is 2. The summed E-state index contributed by atoms with van der Waals surface area (Å²) in [5, 5.41) is 0. The first kappa shape index (κ1) is 20.8. The summed E-state index contributed by atoms with van der Waals surface area (Å²) in [6, 6.07) is 4.21. The minimum atomic E-state index is -4.19. The molecule has 0 aromatic heterocycles. The number of nitrogens with zero attached hydrogens (tertiary/aromatic N) is 1. The van der Waals surface area contributed by atoms with Crippen LogP contribution in [0.1, 0.15) is 43.2 Å². The van der Waals surface area contributed by atoms with Crippen LogP contribution in [0.4, 0.5) is 0 Å². The van der Waals surface area contributed by atoms with Crippen LogP contribution in [0, 0.1) is 10.2 Å². The molecule has 28 heavy (non-hydrogen) atoms. The van der Waals surface area contributed by atoms with E-state index in [2.05, 4.69) is 16.7 Å². The van der Waals surface area contributed by atoms with Crippen LogP contribution in [-0.4, -0.2) is 50.8 Å². The van der Waals surface area contributed by atoms with Gasteiger partial charge in [0.1, 0.15) is 0 Å². The third-order valence-electron chi connectivity index (χ3n) is 5.29. The average Bonchev–Trinajstić information content (AvgIpc) is 2.65. The number of fused-ring (bicyclic) bond motifs is 3. The van der Waals surface area contributed by atoms with E-state index in [0.29, 0.717) is 5.78 Å². The predicted octanol–water partition coefficient (Wildman–Crippen LogP) is 0.00240. The molecule has 3 N–H and O–H groups in total. The standard InChI is InChI=1S/C19H22NO3.ClH3O4/c1-22-18-10-12-8-9-20-15-4-3-5-17(21)13(15)6-7-16(20)14(12)11-19(18)23-2;2-1(3,4)5/h10-11H,3-9H2,1-2H3;2-4H/q+1;. The maximum atomic E-state index is 12.2. The normalized spacial score (nSPS) is 19.1. The molecular formula is C19H25ClNO7+. The fourth-order valence-corrected chi connectivity index (χ4v) is 4.18. The quantitative estimate of drug-likeness (QED) is 0.582. The molecule has 0 amide bonds. The Hall–Kier alpha value is -1.97. The number of hydrogen-bond donors (Lipinski definition) is 3. The van der Waals surface area contributed by atoms with Gasteiger partial charge in [0.25, 0.3) is 0 Å². The van der Waals surface area contributed by atoms with Crippen molar-refractivity contribution in [2.24, 2.45) is 0 Å². The minimum absolute atomic E-state index is 0.364. The van der Waals surface area contributed by atoms with E-state index in [1.807, 2.05) is 0 Å². The Kier molecular flexibility index (Phi) is 6.07. The van der Waals surface area contributed by atoms with Crippen LogP contribution in [0.5, 0.6) is 11.5 Å². The van der Waals surface area contributed by atoms with E-state index in [-0.39, 0.29) is 0 Å². The van der Waals surface area contributed by atoms with Gasteiger partial charge >= 0.3 is 28.9 Å². The van der Waals surface area contributed by atoms with Gasteiger partial charge in [-0.25, -0.2) is 0 Å². The van der Waals surface area contributed by atoms with Gasteiger partial charge in [-0.2, -0.15) is 4.58 Å². The SMILES string of the molecule is COc1cc2c(cc1OC)C1=[N+](CC2)C2=C(CC1)C(=O)CCC2.[O-][Cl+](O)(O)O. The van der Waals surface area contributed by atoms with Crippen molar-refractivity contribution >= 4 is 11.5 Å². The Bertz CT molecular complexity index is 849. The van der Waals surface area contributed by atoms with Gasteiger partial charge < -0.3 is 9.47 Å². The Balaban J connectivity index is 0.000000403. The van der Waals surface area contributed by atoms with Gasteiger partial charge in [0.15, 0.2) is 35.2 Å². The summed E-state index contributed by atoms with van der Waals surface area (Å²) in [5.41, 5.74) is 6.30. The van der Waals surface area contributed by atoms with Crippen molar-refractivity contribution in [3.8, 4) is 11.5 Å². The van der Waals surface area contributed by atoms with Gasteiger partial charge in [-0.3, -0.25) is 4.79 Å². The number of hydrogen-bond acceptors (Lipinski definition) is 7.